The lowest BCUT2D eigenvalue weighted by atomic mass is 9.93. The van der Waals surface area contributed by atoms with Crippen LogP contribution in [0.5, 0.6) is 0 Å². The molecule has 4 rings (SSSR count). The summed E-state index contributed by atoms with van der Waals surface area (Å²) in [7, 11) is 0. The van der Waals surface area contributed by atoms with Crippen LogP contribution in [-0.4, -0.2) is 40.5 Å². The first-order valence-electron chi connectivity index (χ1n) is 10.7. The topological polar surface area (TPSA) is 96.5 Å². The molecular formula is C24H26ClN3O4. The summed E-state index contributed by atoms with van der Waals surface area (Å²) in [5.41, 5.74) is 2.80. The summed E-state index contributed by atoms with van der Waals surface area (Å²) >= 11 is 6.03. The van der Waals surface area contributed by atoms with Gasteiger partial charge in [-0.1, -0.05) is 35.9 Å². The molecule has 1 aliphatic rings. The second-order valence-corrected chi connectivity index (χ2v) is 8.09. The lowest BCUT2D eigenvalue weighted by Gasteiger charge is -2.29. The Morgan fingerprint density at radius 3 is 2.81 bits per heavy atom. The number of H-pyrrole nitrogens is 1. The molecule has 1 aliphatic heterocycles. The number of allylic oxidation sites excluding steroid dienone is 1. The van der Waals surface area contributed by atoms with Crippen LogP contribution in [0, 0.1) is 0 Å². The lowest BCUT2D eigenvalue weighted by Crippen LogP contribution is -2.33. The van der Waals surface area contributed by atoms with E-state index in [0.717, 1.165) is 23.0 Å². The summed E-state index contributed by atoms with van der Waals surface area (Å²) in [6, 6.07) is 15.3. The third kappa shape index (κ3) is 5.68. The van der Waals surface area contributed by atoms with Crippen molar-refractivity contribution in [1.29, 1.82) is 0 Å². The zero-order valence-corrected chi connectivity index (χ0v) is 18.3. The standard InChI is InChI=1S/C24H26ClN3O4/c25-18-9-7-16(8-10-18)17-13-21(32-23(14-17)31-12-4-3-11-29)24(30)26-15-22-27-19-5-1-2-6-20(19)28-22/h1-2,5-10,13,17,23,29H,3-4,11-12,14-15H2,(H,26,30)(H,27,28)/t17-,23+/m1/s1. The van der Waals surface area contributed by atoms with Crippen molar-refractivity contribution in [3.8, 4) is 0 Å². The lowest BCUT2D eigenvalue weighted by molar-refractivity contribution is -0.146. The van der Waals surface area contributed by atoms with Crippen molar-refractivity contribution in [2.24, 2.45) is 0 Å². The van der Waals surface area contributed by atoms with Crippen LogP contribution in [0.1, 0.15) is 36.6 Å². The number of imidazole rings is 1. The number of unbranched alkanes of at least 4 members (excludes halogenated alkanes) is 1. The van der Waals surface area contributed by atoms with E-state index in [1.54, 1.807) is 0 Å². The normalized spacial score (nSPS) is 18.2. The van der Waals surface area contributed by atoms with Crippen LogP contribution < -0.4 is 5.32 Å². The fraction of sp³-hybridized carbons (Fsp3) is 0.333. The first-order chi connectivity index (χ1) is 15.6. The molecule has 0 aliphatic carbocycles. The number of nitrogens with one attached hydrogen (secondary N) is 2. The van der Waals surface area contributed by atoms with Crippen LogP contribution in [0.2, 0.25) is 5.02 Å². The molecule has 2 aromatic carbocycles. The van der Waals surface area contributed by atoms with Gasteiger partial charge in [-0.2, -0.15) is 0 Å². The largest absolute Gasteiger partial charge is 0.459 e. The molecule has 1 amide bonds. The molecule has 0 radical (unpaired) electrons. The van der Waals surface area contributed by atoms with Crippen LogP contribution in [0.3, 0.4) is 0 Å². The number of aliphatic hydroxyl groups is 1. The third-order valence-corrected chi connectivity index (χ3v) is 5.54. The Morgan fingerprint density at radius 2 is 2.03 bits per heavy atom. The number of hydrogen-bond donors (Lipinski definition) is 3. The Kier molecular flexibility index (Phi) is 7.42. The van der Waals surface area contributed by atoms with Gasteiger partial charge in [-0.15, -0.1) is 0 Å². The van der Waals surface area contributed by atoms with Crippen LogP contribution in [0.15, 0.2) is 60.4 Å². The number of aliphatic hydroxyl groups excluding tert-OH is 1. The van der Waals surface area contributed by atoms with Gasteiger partial charge in [-0.25, -0.2) is 4.98 Å². The Hall–Kier alpha value is -2.87. The van der Waals surface area contributed by atoms with Crippen LogP contribution in [0.4, 0.5) is 0 Å². The molecule has 1 aromatic heterocycles. The van der Waals surface area contributed by atoms with Gasteiger partial charge < -0.3 is 24.9 Å². The number of aromatic amines is 1. The fourth-order valence-electron chi connectivity index (χ4n) is 3.63. The van der Waals surface area contributed by atoms with E-state index >= 15 is 0 Å². The maximum atomic E-state index is 12.9. The van der Waals surface area contributed by atoms with E-state index in [1.165, 1.54) is 0 Å². The van der Waals surface area contributed by atoms with Crippen LogP contribution in [-0.2, 0) is 20.8 Å². The van der Waals surface area contributed by atoms with Crippen molar-refractivity contribution < 1.29 is 19.4 Å². The van der Waals surface area contributed by atoms with Gasteiger partial charge in [0.25, 0.3) is 5.91 Å². The molecule has 3 aromatic rings. The number of para-hydroxylation sites is 2. The van der Waals surface area contributed by atoms with Gasteiger partial charge in [-0.05, 0) is 48.7 Å². The highest BCUT2D eigenvalue weighted by Crippen LogP contribution is 2.32. The Balaban J connectivity index is 1.45. The molecule has 0 spiro atoms. The van der Waals surface area contributed by atoms with E-state index < -0.39 is 6.29 Å². The van der Waals surface area contributed by atoms with Gasteiger partial charge in [0.2, 0.25) is 6.29 Å². The molecule has 2 atom stereocenters. The highest BCUT2D eigenvalue weighted by atomic mass is 35.5. The predicted molar refractivity (Wildman–Crippen MR) is 122 cm³/mol. The van der Waals surface area contributed by atoms with Gasteiger partial charge in [0, 0.05) is 24.0 Å². The van der Waals surface area contributed by atoms with E-state index in [9.17, 15) is 4.79 Å². The fourth-order valence-corrected chi connectivity index (χ4v) is 3.76. The summed E-state index contributed by atoms with van der Waals surface area (Å²) in [5, 5.41) is 12.5. The number of halogens is 1. The van der Waals surface area contributed by atoms with Crippen LogP contribution >= 0.6 is 11.6 Å². The Bertz CT molecular complexity index is 1050. The minimum absolute atomic E-state index is 0.0455. The summed E-state index contributed by atoms with van der Waals surface area (Å²) in [4.78, 5) is 20.6. The van der Waals surface area contributed by atoms with Crippen LogP contribution in [0.25, 0.3) is 11.0 Å². The minimum atomic E-state index is -0.550. The maximum Gasteiger partial charge on any atom is 0.286 e. The van der Waals surface area contributed by atoms with Crippen molar-refractivity contribution >= 4 is 28.5 Å². The third-order valence-electron chi connectivity index (χ3n) is 5.29. The molecule has 0 fully saturated rings. The van der Waals surface area contributed by atoms with E-state index in [2.05, 4.69) is 15.3 Å². The molecule has 0 saturated carbocycles. The zero-order valence-electron chi connectivity index (χ0n) is 17.6. The Morgan fingerprint density at radius 1 is 1.22 bits per heavy atom. The van der Waals surface area contributed by atoms with Crippen molar-refractivity contribution in [3.63, 3.8) is 0 Å². The summed E-state index contributed by atoms with van der Waals surface area (Å²) < 4.78 is 11.7. The molecule has 32 heavy (non-hydrogen) atoms. The van der Waals surface area contributed by atoms with Crippen molar-refractivity contribution in [1.82, 2.24) is 15.3 Å². The molecule has 0 saturated heterocycles. The van der Waals surface area contributed by atoms with Gasteiger partial charge >= 0.3 is 0 Å². The first kappa shape index (κ1) is 22.3. The molecule has 0 bridgehead atoms. The molecule has 7 nitrogen and oxygen atoms in total. The molecule has 168 valence electrons. The number of hydrogen-bond acceptors (Lipinski definition) is 5. The SMILES string of the molecule is O=C(NCc1nc2ccccc2[nH]1)C1=C[C@@H](c2ccc(Cl)cc2)C[C@@H](OCCCCO)O1. The summed E-state index contributed by atoms with van der Waals surface area (Å²) in [6.45, 7) is 0.825. The smallest absolute Gasteiger partial charge is 0.286 e. The number of carbonyl (C=O) groups is 1. The van der Waals surface area contributed by atoms with Gasteiger partial charge in [-0.3, -0.25) is 4.79 Å². The summed E-state index contributed by atoms with van der Waals surface area (Å²) in [6.07, 6.45) is 3.24. The number of nitrogens with zero attached hydrogens (tertiary/aromatic N) is 1. The van der Waals surface area contributed by atoms with Gasteiger partial charge in [0.15, 0.2) is 5.76 Å². The average molecular weight is 456 g/mol. The van der Waals surface area contributed by atoms with Crippen molar-refractivity contribution in [2.75, 3.05) is 13.2 Å². The van der Waals surface area contributed by atoms with Crippen molar-refractivity contribution in [3.05, 3.63) is 76.8 Å². The number of fused-ring (bicyclic) bond motifs is 1. The van der Waals surface area contributed by atoms with Gasteiger partial charge in [0.05, 0.1) is 24.2 Å². The molecular weight excluding hydrogens is 430 g/mol. The highest BCUT2D eigenvalue weighted by molar-refractivity contribution is 6.30. The molecule has 3 N–H and O–H groups in total. The number of amides is 1. The average Bonchev–Trinajstić information content (AvgIpc) is 3.24. The number of rotatable bonds is 9. The number of aromatic nitrogens is 2. The predicted octanol–water partition coefficient (Wildman–Crippen LogP) is 4.04. The highest BCUT2D eigenvalue weighted by Gasteiger charge is 2.28. The number of carbonyl (C=O) groups excluding carboxylic acids is 1. The second-order valence-electron chi connectivity index (χ2n) is 7.66. The van der Waals surface area contributed by atoms with E-state index in [0.29, 0.717) is 30.3 Å². The number of ether oxygens (including phenoxy) is 2. The molecule has 2 heterocycles. The number of benzene rings is 2. The molecule has 8 heteroatoms. The first-order valence-corrected chi connectivity index (χ1v) is 11.1. The molecule has 0 unspecified atom stereocenters. The second kappa shape index (κ2) is 10.6. The zero-order chi connectivity index (χ0) is 22.3. The van der Waals surface area contributed by atoms with E-state index in [1.807, 2.05) is 54.6 Å². The van der Waals surface area contributed by atoms with Crippen molar-refractivity contribution in [2.45, 2.75) is 38.0 Å². The quantitative estimate of drug-likeness (QED) is 0.423. The van der Waals surface area contributed by atoms with Gasteiger partial charge in [0.1, 0.15) is 5.82 Å². The monoisotopic (exact) mass is 455 g/mol. The maximum absolute atomic E-state index is 12.9. The van der Waals surface area contributed by atoms with E-state index in [4.69, 9.17) is 26.2 Å². The minimum Gasteiger partial charge on any atom is -0.459 e. The Labute approximate surface area is 191 Å². The summed E-state index contributed by atoms with van der Waals surface area (Å²) in [5.74, 6) is 0.519. The van der Waals surface area contributed by atoms with E-state index in [-0.39, 0.29) is 30.7 Å².